The Labute approximate surface area is 197 Å². The molecule has 0 saturated heterocycles. The summed E-state index contributed by atoms with van der Waals surface area (Å²) in [6.45, 7) is 0. The molecule has 0 saturated carbocycles. The van der Waals surface area contributed by atoms with Gasteiger partial charge in [0.05, 0.1) is 21.4 Å². The van der Waals surface area contributed by atoms with Gasteiger partial charge in [0.15, 0.2) is 0 Å². The van der Waals surface area contributed by atoms with Gasteiger partial charge in [-0.15, -0.1) is 22.7 Å². The SMILES string of the molecule is c1ccc2c(c1)sc1c2ccc2c3ccccc3n(-c3cccc4sc5ccccc5c34)c21. The van der Waals surface area contributed by atoms with Crippen LogP contribution in [0.4, 0.5) is 0 Å². The molecule has 8 rings (SSSR count). The van der Waals surface area contributed by atoms with Crippen molar-refractivity contribution in [3.05, 3.63) is 103 Å². The average molecular weight is 456 g/mol. The Hall–Kier alpha value is -3.66. The Bertz CT molecular complexity index is 2030. The summed E-state index contributed by atoms with van der Waals surface area (Å²) in [4.78, 5) is 0. The predicted octanol–water partition coefficient (Wildman–Crippen LogP) is 9.52. The lowest BCUT2D eigenvalue weighted by atomic mass is 10.1. The average Bonchev–Trinajstić information content (AvgIpc) is 3.53. The second-order valence-corrected chi connectivity index (χ2v) is 10.7. The maximum atomic E-state index is 2.52. The minimum Gasteiger partial charge on any atom is -0.307 e. The number of rotatable bonds is 1. The molecular weight excluding hydrogens is 438 g/mol. The van der Waals surface area contributed by atoms with E-state index < -0.39 is 0 Å². The van der Waals surface area contributed by atoms with Crippen molar-refractivity contribution in [2.24, 2.45) is 0 Å². The molecule has 0 aliphatic heterocycles. The third-order valence-electron chi connectivity index (χ3n) is 6.80. The largest absolute Gasteiger partial charge is 0.307 e. The van der Waals surface area contributed by atoms with Gasteiger partial charge in [0.1, 0.15) is 0 Å². The fraction of sp³-hybridized carbons (Fsp3) is 0. The first kappa shape index (κ1) is 17.8. The van der Waals surface area contributed by atoms with E-state index in [1.165, 1.54) is 67.8 Å². The maximum Gasteiger partial charge on any atom is 0.0720 e. The summed E-state index contributed by atoms with van der Waals surface area (Å²) in [6, 6.07) is 37.8. The van der Waals surface area contributed by atoms with Gasteiger partial charge in [-0.25, -0.2) is 0 Å². The highest BCUT2D eigenvalue weighted by atomic mass is 32.1. The van der Waals surface area contributed by atoms with Crippen molar-refractivity contribution < 1.29 is 0 Å². The van der Waals surface area contributed by atoms with Crippen molar-refractivity contribution in [2.45, 2.75) is 0 Å². The van der Waals surface area contributed by atoms with Crippen LogP contribution in [0.2, 0.25) is 0 Å². The monoisotopic (exact) mass is 455 g/mol. The van der Waals surface area contributed by atoms with Crippen LogP contribution in [-0.4, -0.2) is 4.57 Å². The molecule has 154 valence electrons. The molecule has 0 unspecified atom stereocenters. The van der Waals surface area contributed by atoms with E-state index in [1.807, 2.05) is 22.7 Å². The van der Waals surface area contributed by atoms with Crippen LogP contribution in [0.5, 0.6) is 0 Å². The number of fused-ring (bicyclic) bond motifs is 10. The van der Waals surface area contributed by atoms with Crippen molar-refractivity contribution in [1.29, 1.82) is 0 Å². The molecule has 0 atom stereocenters. The summed E-state index contributed by atoms with van der Waals surface area (Å²) in [7, 11) is 0. The number of nitrogens with zero attached hydrogens (tertiary/aromatic N) is 1. The number of hydrogen-bond donors (Lipinski definition) is 0. The summed E-state index contributed by atoms with van der Waals surface area (Å²) >= 11 is 3.79. The summed E-state index contributed by atoms with van der Waals surface area (Å²) in [5, 5.41) is 8.00. The summed E-state index contributed by atoms with van der Waals surface area (Å²) < 4.78 is 7.90. The molecule has 0 spiro atoms. The topological polar surface area (TPSA) is 4.93 Å². The van der Waals surface area contributed by atoms with Gasteiger partial charge in [-0.3, -0.25) is 0 Å². The van der Waals surface area contributed by atoms with Gasteiger partial charge in [0.2, 0.25) is 0 Å². The van der Waals surface area contributed by atoms with E-state index in [2.05, 4.69) is 108 Å². The van der Waals surface area contributed by atoms with Gasteiger partial charge in [-0.1, -0.05) is 72.8 Å². The van der Waals surface area contributed by atoms with Crippen molar-refractivity contribution >= 4 is 84.8 Å². The number of thiophene rings is 2. The van der Waals surface area contributed by atoms with Crippen LogP contribution in [0.3, 0.4) is 0 Å². The third-order valence-corrected chi connectivity index (χ3v) is 9.13. The van der Waals surface area contributed by atoms with E-state index in [-0.39, 0.29) is 0 Å². The minimum atomic E-state index is 1.26. The molecular formula is C30H17NS2. The van der Waals surface area contributed by atoms with E-state index in [4.69, 9.17) is 0 Å². The molecule has 0 amide bonds. The first-order valence-electron chi connectivity index (χ1n) is 11.1. The molecule has 0 bridgehead atoms. The lowest BCUT2D eigenvalue weighted by Crippen LogP contribution is -1.94. The van der Waals surface area contributed by atoms with Crippen LogP contribution in [0.25, 0.3) is 67.8 Å². The highest BCUT2D eigenvalue weighted by Gasteiger charge is 2.19. The summed E-state index contributed by atoms with van der Waals surface area (Å²) in [5.41, 5.74) is 3.85. The van der Waals surface area contributed by atoms with Crippen LogP contribution in [0.1, 0.15) is 0 Å². The molecule has 3 heteroatoms. The van der Waals surface area contributed by atoms with Crippen molar-refractivity contribution in [3.63, 3.8) is 0 Å². The zero-order valence-corrected chi connectivity index (χ0v) is 19.2. The molecule has 0 radical (unpaired) electrons. The van der Waals surface area contributed by atoms with Gasteiger partial charge in [0.25, 0.3) is 0 Å². The molecule has 5 aromatic carbocycles. The number of hydrogen-bond acceptors (Lipinski definition) is 2. The molecule has 3 aromatic heterocycles. The zero-order valence-electron chi connectivity index (χ0n) is 17.6. The van der Waals surface area contributed by atoms with E-state index in [0.717, 1.165) is 0 Å². The molecule has 33 heavy (non-hydrogen) atoms. The van der Waals surface area contributed by atoms with Crippen LogP contribution in [-0.2, 0) is 0 Å². The standard InChI is InChI=1S/C30H17NS2/c1-4-11-23-18(8-1)20-16-17-21-19-9-2-5-13-25(19)33-30(21)29(20)31(23)24-12-7-15-27-28(24)22-10-3-6-14-26(22)32-27/h1-17H. The fourth-order valence-electron chi connectivity index (χ4n) is 5.42. The minimum absolute atomic E-state index is 1.26. The van der Waals surface area contributed by atoms with E-state index in [0.29, 0.717) is 0 Å². The van der Waals surface area contributed by atoms with Crippen LogP contribution in [0, 0.1) is 0 Å². The molecule has 0 fully saturated rings. The molecule has 3 heterocycles. The van der Waals surface area contributed by atoms with E-state index in [1.54, 1.807) is 0 Å². The van der Waals surface area contributed by atoms with E-state index in [9.17, 15) is 0 Å². The summed E-state index contributed by atoms with van der Waals surface area (Å²) in [5.74, 6) is 0. The van der Waals surface area contributed by atoms with Crippen LogP contribution >= 0.6 is 22.7 Å². The molecule has 0 aliphatic rings. The Morgan fingerprint density at radius 2 is 1.12 bits per heavy atom. The molecule has 8 aromatic rings. The maximum absolute atomic E-state index is 2.52. The van der Waals surface area contributed by atoms with Crippen molar-refractivity contribution in [1.82, 2.24) is 4.57 Å². The Kier molecular flexibility index (Phi) is 3.48. The van der Waals surface area contributed by atoms with Crippen molar-refractivity contribution in [2.75, 3.05) is 0 Å². The lowest BCUT2D eigenvalue weighted by Gasteiger charge is -2.11. The normalized spacial score (nSPS) is 12.2. The Morgan fingerprint density at radius 1 is 0.455 bits per heavy atom. The molecule has 0 N–H and O–H groups in total. The van der Waals surface area contributed by atoms with E-state index >= 15 is 0 Å². The zero-order chi connectivity index (χ0) is 21.5. The lowest BCUT2D eigenvalue weighted by molar-refractivity contribution is 1.21. The fourth-order valence-corrected chi connectivity index (χ4v) is 7.79. The first-order valence-corrected chi connectivity index (χ1v) is 12.8. The molecule has 0 aliphatic carbocycles. The van der Waals surface area contributed by atoms with Gasteiger partial charge in [-0.05, 0) is 30.3 Å². The smallest absolute Gasteiger partial charge is 0.0720 e. The Morgan fingerprint density at radius 3 is 2.00 bits per heavy atom. The molecule has 1 nitrogen and oxygen atoms in total. The Balaban J connectivity index is 1.66. The van der Waals surface area contributed by atoms with Crippen molar-refractivity contribution in [3.8, 4) is 5.69 Å². The summed E-state index contributed by atoms with van der Waals surface area (Å²) in [6.07, 6.45) is 0. The quantitative estimate of drug-likeness (QED) is 0.232. The number of para-hydroxylation sites is 1. The van der Waals surface area contributed by atoms with Gasteiger partial charge in [-0.2, -0.15) is 0 Å². The highest BCUT2D eigenvalue weighted by molar-refractivity contribution is 7.27. The number of aromatic nitrogens is 1. The second-order valence-electron chi connectivity index (χ2n) is 8.54. The van der Waals surface area contributed by atoms with Gasteiger partial charge < -0.3 is 4.57 Å². The van der Waals surface area contributed by atoms with Crippen LogP contribution < -0.4 is 0 Å². The van der Waals surface area contributed by atoms with Gasteiger partial charge in [0, 0.05) is 46.4 Å². The van der Waals surface area contributed by atoms with Gasteiger partial charge >= 0.3 is 0 Å². The highest BCUT2D eigenvalue weighted by Crippen LogP contribution is 2.45. The number of benzene rings is 5. The first-order chi connectivity index (χ1) is 16.4. The third kappa shape index (κ3) is 2.31. The predicted molar refractivity (Wildman–Crippen MR) is 147 cm³/mol. The second kappa shape index (κ2) is 6.44. The van der Waals surface area contributed by atoms with Crippen LogP contribution in [0.15, 0.2) is 103 Å².